The number of ether oxygens (including phenoxy) is 1. The van der Waals surface area contributed by atoms with Gasteiger partial charge in [-0.15, -0.1) is 0 Å². The number of hydrogen-bond acceptors (Lipinski definition) is 4. The van der Waals surface area contributed by atoms with Crippen molar-refractivity contribution in [2.24, 2.45) is 5.92 Å². The molecule has 1 aromatic carbocycles. The molecule has 1 amide bonds. The maximum Gasteiger partial charge on any atom is 0.251 e. The van der Waals surface area contributed by atoms with E-state index in [0.717, 1.165) is 22.4 Å². The van der Waals surface area contributed by atoms with Crippen LogP contribution < -0.4 is 10.1 Å². The molecule has 0 spiro atoms. The summed E-state index contributed by atoms with van der Waals surface area (Å²) in [6, 6.07) is 7.53. The van der Waals surface area contributed by atoms with Crippen molar-refractivity contribution < 1.29 is 14.6 Å². The van der Waals surface area contributed by atoms with Crippen LogP contribution in [0.25, 0.3) is 0 Å². The number of amides is 1. The molecular formula is C20H26N2O3. The van der Waals surface area contributed by atoms with Gasteiger partial charge in [0.25, 0.3) is 5.91 Å². The normalized spacial score (nSPS) is 11.8. The van der Waals surface area contributed by atoms with E-state index in [9.17, 15) is 4.79 Å². The molecule has 1 atom stereocenters. The van der Waals surface area contributed by atoms with Crippen LogP contribution in [0.2, 0.25) is 0 Å². The predicted octanol–water partition coefficient (Wildman–Crippen LogP) is 3.03. The fourth-order valence-electron chi connectivity index (χ4n) is 2.64. The molecule has 25 heavy (non-hydrogen) atoms. The van der Waals surface area contributed by atoms with Gasteiger partial charge in [-0.25, -0.2) is 0 Å². The van der Waals surface area contributed by atoms with Crippen molar-refractivity contribution in [3.8, 4) is 5.75 Å². The molecule has 2 N–H and O–H groups in total. The molecule has 0 radical (unpaired) electrons. The van der Waals surface area contributed by atoms with Gasteiger partial charge >= 0.3 is 0 Å². The third-order valence-corrected chi connectivity index (χ3v) is 4.06. The minimum atomic E-state index is -0.102. The van der Waals surface area contributed by atoms with E-state index in [0.29, 0.717) is 25.1 Å². The van der Waals surface area contributed by atoms with Gasteiger partial charge < -0.3 is 15.2 Å². The van der Waals surface area contributed by atoms with Gasteiger partial charge in [-0.05, 0) is 55.5 Å². The van der Waals surface area contributed by atoms with Crippen molar-refractivity contribution in [3.05, 3.63) is 58.9 Å². The summed E-state index contributed by atoms with van der Waals surface area (Å²) < 4.78 is 5.92. The van der Waals surface area contributed by atoms with Crippen LogP contribution in [0, 0.1) is 19.8 Å². The molecule has 2 rings (SSSR count). The molecule has 0 saturated carbocycles. The van der Waals surface area contributed by atoms with Crippen LogP contribution in [0.3, 0.4) is 0 Å². The number of aryl methyl sites for hydroxylation is 2. The summed E-state index contributed by atoms with van der Waals surface area (Å²) in [5, 5.41) is 11.8. The number of carbonyl (C=O) groups excluding carboxylic acids is 1. The smallest absolute Gasteiger partial charge is 0.251 e. The van der Waals surface area contributed by atoms with E-state index in [1.165, 1.54) is 0 Å². The van der Waals surface area contributed by atoms with E-state index in [1.54, 1.807) is 12.4 Å². The van der Waals surface area contributed by atoms with Crippen molar-refractivity contribution in [3.63, 3.8) is 0 Å². The summed E-state index contributed by atoms with van der Waals surface area (Å²) in [6.45, 7) is 7.02. The number of carbonyl (C=O) groups is 1. The molecule has 0 aliphatic carbocycles. The van der Waals surface area contributed by atoms with E-state index in [2.05, 4.69) is 10.3 Å². The molecule has 0 aliphatic heterocycles. The SMILES string of the molecule is Cc1cc(C(=O)NCC(C)CCO)cc(C)c1OCc1cccnc1. The summed E-state index contributed by atoms with van der Waals surface area (Å²) in [7, 11) is 0. The predicted molar refractivity (Wildman–Crippen MR) is 97.7 cm³/mol. The van der Waals surface area contributed by atoms with Crippen LogP contribution >= 0.6 is 0 Å². The van der Waals surface area contributed by atoms with E-state index in [-0.39, 0.29) is 18.4 Å². The highest BCUT2D eigenvalue weighted by Crippen LogP contribution is 2.25. The zero-order valence-electron chi connectivity index (χ0n) is 15.1. The molecule has 0 saturated heterocycles. The van der Waals surface area contributed by atoms with Crippen molar-refractivity contribution in [2.45, 2.75) is 33.8 Å². The molecule has 2 aromatic rings. The average Bonchev–Trinajstić information content (AvgIpc) is 2.60. The van der Waals surface area contributed by atoms with Crippen molar-refractivity contribution in [1.29, 1.82) is 0 Å². The Labute approximate surface area is 149 Å². The zero-order valence-corrected chi connectivity index (χ0v) is 15.1. The lowest BCUT2D eigenvalue weighted by Gasteiger charge is -2.15. The molecule has 1 aromatic heterocycles. The fourth-order valence-corrected chi connectivity index (χ4v) is 2.64. The van der Waals surface area contributed by atoms with E-state index >= 15 is 0 Å². The second-order valence-electron chi connectivity index (χ2n) is 6.42. The first-order valence-electron chi connectivity index (χ1n) is 8.53. The Morgan fingerprint density at radius 1 is 1.32 bits per heavy atom. The third kappa shape index (κ3) is 5.57. The quantitative estimate of drug-likeness (QED) is 0.773. The summed E-state index contributed by atoms with van der Waals surface area (Å²) in [4.78, 5) is 16.4. The summed E-state index contributed by atoms with van der Waals surface area (Å²) >= 11 is 0. The van der Waals surface area contributed by atoms with Gasteiger partial charge in [0, 0.05) is 36.7 Å². The minimum absolute atomic E-state index is 0.102. The molecule has 1 heterocycles. The Kier molecular flexibility index (Phi) is 6.95. The number of aliphatic hydroxyl groups excluding tert-OH is 1. The molecule has 0 bridgehead atoms. The van der Waals surface area contributed by atoms with Crippen LogP contribution in [0.1, 0.15) is 40.4 Å². The van der Waals surface area contributed by atoms with Crippen LogP contribution in [-0.4, -0.2) is 29.1 Å². The van der Waals surface area contributed by atoms with Crippen molar-refractivity contribution >= 4 is 5.91 Å². The Bertz CT molecular complexity index is 678. The highest BCUT2D eigenvalue weighted by Gasteiger charge is 2.13. The molecule has 5 nitrogen and oxygen atoms in total. The lowest BCUT2D eigenvalue weighted by molar-refractivity contribution is 0.0945. The highest BCUT2D eigenvalue weighted by molar-refractivity contribution is 5.94. The minimum Gasteiger partial charge on any atom is -0.488 e. The summed E-state index contributed by atoms with van der Waals surface area (Å²) in [5.74, 6) is 0.946. The van der Waals surface area contributed by atoms with Gasteiger partial charge in [-0.3, -0.25) is 9.78 Å². The summed E-state index contributed by atoms with van der Waals surface area (Å²) in [6.07, 6.45) is 4.19. The Morgan fingerprint density at radius 3 is 2.64 bits per heavy atom. The van der Waals surface area contributed by atoms with Gasteiger partial charge in [0.1, 0.15) is 12.4 Å². The Morgan fingerprint density at radius 2 is 2.04 bits per heavy atom. The van der Waals surface area contributed by atoms with Gasteiger partial charge in [0.05, 0.1) is 0 Å². The molecule has 1 unspecified atom stereocenters. The van der Waals surface area contributed by atoms with E-state index in [4.69, 9.17) is 9.84 Å². The van der Waals surface area contributed by atoms with Gasteiger partial charge in [-0.1, -0.05) is 13.0 Å². The van der Waals surface area contributed by atoms with Gasteiger partial charge in [0.2, 0.25) is 0 Å². The van der Waals surface area contributed by atoms with Crippen LogP contribution in [-0.2, 0) is 6.61 Å². The van der Waals surface area contributed by atoms with Gasteiger partial charge in [-0.2, -0.15) is 0 Å². The molecular weight excluding hydrogens is 316 g/mol. The molecule has 134 valence electrons. The first kappa shape index (κ1) is 18.9. The fraction of sp³-hybridized carbons (Fsp3) is 0.400. The Balaban J connectivity index is 2.02. The van der Waals surface area contributed by atoms with Crippen LogP contribution in [0.15, 0.2) is 36.7 Å². The van der Waals surface area contributed by atoms with E-state index < -0.39 is 0 Å². The lowest BCUT2D eigenvalue weighted by atomic mass is 10.0. The number of nitrogens with one attached hydrogen (secondary N) is 1. The standard InChI is InChI=1S/C20H26N2O3/c1-14(6-8-23)11-22-20(24)18-9-15(2)19(16(3)10-18)25-13-17-5-4-7-21-12-17/h4-5,7,9-10,12,14,23H,6,8,11,13H2,1-3H3,(H,22,24). The number of pyridine rings is 1. The molecule has 0 aliphatic rings. The number of benzene rings is 1. The van der Waals surface area contributed by atoms with E-state index in [1.807, 2.05) is 45.0 Å². The number of aliphatic hydroxyl groups is 1. The third-order valence-electron chi connectivity index (χ3n) is 4.06. The van der Waals surface area contributed by atoms with Gasteiger partial charge in [0.15, 0.2) is 0 Å². The molecule has 0 fully saturated rings. The monoisotopic (exact) mass is 342 g/mol. The first-order valence-corrected chi connectivity index (χ1v) is 8.53. The van der Waals surface area contributed by atoms with Crippen molar-refractivity contribution in [2.75, 3.05) is 13.2 Å². The second kappa shape index (κ2) is 9.18. The lowest BCUT2D eigenvalue weighted by Crippen LogP contribution is -2.28. The first-order chi connectivity index (χ1) is 12.0. The number of aromatic nitrogens is 1. The largest absolute Gasteiger partial charge is 0.488 e. The summed E-state index contributed by atoms with van der Waals surface area (Å²) in [5.41, 5.74) is 3.48. The Hall–Kier alpha value is -2.40. The van der Waals surface area contributed by atoms with Crippen LogP contribution in [0.5, 0.6) is 5.75 Å². The number of rotatable bonds is 8. The number of hydrogen-bond donors (Lipinski definition) is 2. The molecule has 5 heteroatoms. The topological polar surface area (TPSA) is 71.5 Å². The highest BCUT2D eigenvalue weighted by atomic mass is 16.5. The maximum atomic E-state index is 12.3. The second-order valence-corrected chi connectivity index (χ2v) is 6.42. The zero-order chi connectivity index (χ0) is 18.2. The average molecular weight is 342 g/mol. The van der Waals surface area contributed by atoms with Crippen LogP contribution in [0.4, 0.5) is 0 Å². The van der Waals surface area contributed by atoms with Crippen molar-refractivity contribution in [1.82, 2.24) is 10.3 Å². The number of nitrogens with zero attached hydrogens (tertiary/aromatic N) is 1. The maximum absolute atomic E-state index is 12.3.